The second kappa shape index (κ2) is 7.81. The molecule has 4 heteroatoms. The van der Waals surface area contributed by atoms with Crippen molar-refractivity contribution in [1.29, 1.82) is 0 Å². The summed E-state index contributed by atoms with van der Waals surface area (Å²) in [6.45, 7) is 8.85. The molecule has 2 N–H and O–H groups in total. The Morgan fingerprint density at radius 3 is 2.33 bits per heavy atom. The number of amides is 2. The monoisotopic (exact) mass is 290 g/mol. The minimum atomic E-state index is -0.608. The van der Waals surface area contributed by atoms with Gasteiger partial charge in [-0.05, 0) is 23.5 Å². The van der Waals surface area contributed by atoms with E-state index in [1.807, 2.05) is 24.3 Å². The fraction of sp³-hybridized carbons (Fsp3) is 0.529. The molecule has 0 heterocycles. The molecule has 0 spiro atoms. The van der Waals surface area contributed by atoms with Gasteiger partial charge >= 0.3 is 11.8 Å². The zero-order chi connectivity index (χ0) is 15.9. The van der Waals surface area contributed by atoms with Crippen LogP contribution in [0.4, 0.5) is 5.69 Å². The minimum absolute atomic E-state index is 0.0958. The van der Waals surface area contributed by atoms with Gasteiger partial charge in [0.15, 0.2) is 0 Å². The highest BCUT2D eigenvalue weighted by molar-refractivity contribution is 6.39. The van der Waals surface area contributed by atoms with Gasteiger partial charge in [0.05, 0.1) is 0 Å². The molecule has 2 amide bonds. The molecular formula is C17H26N2O2. The highest BCUT2D eigenvalue weighted by Gasteiger charge is 2.20. The maximum absolute atomic E-state index is 11.9. The first kappa shape index (κ1) is 17.2. The number of rotatable bonds is 5. The Morgan fingerprint density at radius 2 is 1.71 bits per heavy atom. The highest BCUT2D eigenvalue weighted by atomic mass is 16.2. The van der Waals surface area contributed by atoms with Crippen LogP contribution in [0.5, 0.6) is 0 Å². The smallest absolute Gasteiger partial charge is 0.313 e. The Bertz CT molecular complexity index is 490. The van der Waals surface area contributed by atoms with E-state index in [1.165, 1.54) is 0 Å². The number of benzene rings is 1. The second-order valence-corrected chi connectivity index (χ2v) is 6.21. The molecule has 0 fully saturated rings. The van der Waals surface area contributed by atoms with E-state index in [-0.39, 0.29) is 5.41 Å². The lowest BCUT2D eigenvalue weighted by atomic mass is 9.86. The van der Waals surface area contributed by atoms with Gasteiger partial charge in [0, 0.05) is 12.2 Å². The Kier molecular flexibility index (Phi) is 6.40. The molecule has 1 rings (SSSR count). The number of anilines is 1. The molecule has 0 unspecified atom stereocenters. The molecule has 0 bridgehead atoms. The topological polar surface area (TPSA) is 58.2 Å². The van der Waals surface area contributed by atoms with Crippen molar-refractivity contribution in [2.45, 2.75) is 52.4 Å². The Hall–Kier alpha value is -1.84. The van der Waals surface area contributed by atoms with Gasteiger partial charge in [0.2, 0.25) is 0 Å². The van der Waals surface area contributed by atoms with E-state index < -0.39 is 11.8 Å². The van der Waals surface area contributed by atoms with Gasteiger partial charge in [-0.1, -0.05) is 58.7 Å². The number of unbranched alkanes of at least 4 members (excludes halogenated alkanes) is 2. The van der Waals surface area contributed by atoms with Crippen LogP contribution in [0.15, 0.2) is 24.3 Å². The maximum Gasteiger partial charge on any atom is 0.313 e. The third-order valence-electron chi connectivity index (χ3n) is 3.26. The third-order valence-corrected chi connectivity index (χ3v) is 3.26. The molecule has 0 atom stereocenters. The Labute approximate surface area is 127 Å². The van der Waals surface area contributed by atoms with E-state index >= 15 is 0 Å². The molecular weight excluding hydrogens is 264 g/mol. The number of hydrogen-bond acceptors (Lipinski definition) is 2. The van der Waals surface area contributed by atoms with E-state index in [0.717, 1.165) is 24.8 Å². The summed E-state index contributed by atoms with van der Waals surface area (Å²) in [6.07, 6.45) is 3.03. The quantitative estimate of drug-likeness (QED) is 0.646. The van der Waals surface area contributed by atoms with Gasteiger partial charge in [0.25, 0.3) is 0 Å². The van der Waals surface area contributed by atoms with Crippen LogP contribution in [-0.4, -0.2) is 18.4 Å². The molecule has 1 aromatic rings. The zero-order valence-corrected chi connectivity index (χ0v) is 13.5. The summed E-state index contributed by atoms with van der Waals surface area (Å²) in [6, 6.07) is 7.57. The molecule has 0 aliphatic heterocycles. The maximum atomic E-state index is 11.9. The van der Waals surface area contributed by atoms with Crippen molar-refractivity contribution >= 4 is 17.5 Å². The predicted molar refractivity (Wildman–Crippen MR) is 86.3 cm³/mol. The van der Waals surface area contributed by atoms with Gasteiger partial charge in [-0.25, -0.2) is 0 Å². The molecule has 21 heavy (non-hydrogen) atoms. The van der Waals surface area contributed by atoms with E-state index in [1.54, 1.807) is 0 Å². The molecule has 4 nitrogen and oxygen atoms in total. The fourth-order valence-corrected chi connectivity index (χ4v) is 2.08. The van der Waals surface area contributed by atoms with Crippen LogP contribution in [-0.2, 0) is 15.0 Å². The zero-order valence-electron chi connectivity index (χ0n) is 13.5. The van der Waals surface area contributed by atoms with Crippen LogP contribution in [0.25, 0.3) is 0 Å². The summed E-state index contributed by atoms with van der Waals surface area (Å²) in [5, 5.41) is 5.35. The molecule has 0 saturated carbocycles. The highest BCUT2D eigenvalue weighted by Crippen LogP contribution is 2.29. The largest absolute Gasteiger partial charge is 0.348 e. The van der Waals surface area contributed by atoms with Gasteiger partial charge < -0.3 is 10.6 Å². The SMILES string of the molecule is CCCCCNC(=O)C(=O)Nc1ccccc1C(C)(C)C. The van der Waals surface area contributed by atoms with Gasteiger partial charge in [0.1, 0.15) is 0 Å². The number of carbonyl (C=O) groups is 2. The van der Waals surface area contributed by atoms with Gasteiger partial charge in [-0.3, -0.25) is 9.59 Å². The van der Waals surface area contributed by atoms with Crippen LogP contribution in [0.1, 0.15) is 52.5 Å². The van der Waals surface area contributed by atoms with Gasteiger partial charge in [-0.15, -0.1) is 0 Å². The van der Waals surface area contributed by atoms with E-state index in [4.69, 9.17) is 0 Å². The molecule has 0 saturated heterocycles. The van der Waals surface area contributed by atoms with Crippen LogP contribution < -0.4 is 10.6 Å². The van der Waals surface area contributed by atoms with Gasteiger partial charge in [-0.2, -0.15) is 0 Å². The first-order valence-corrected chi connectivity index (χ1v) is 7.55. The van der Waals surface area contributed by atoms with E-state index in [9.17, 15) is 9.59 Å². The first-order valence-electron chi connectivity index (χ1n) is 7.55. The van der Waals surface area contributed by atoms with Crippen molar-refractivity contribution < 1.29 is 9.59 Å². The molecule has 0 radical (unpaired) electrons. The number of carbonyl (C=O) groups excluding carboxylic acids is 2. The summed E-state index contributed by atoms with van der Waals surface area (Å²) in [7, 11) is 0. The molecule has 1 aromatic carbocycles. The fourth-order valence-electron chi connectivity index (χ4n) is 2.08. The van der Waals surface area contributed by atoms with E-state index in [2.05, 4.69) is 38.3 Å². The van der Waals surface area contributed by atoms with Crippen molar-refractivity contribution in [3.8, 4) is 0 Å². The number of hydrogen-bond donors (Lipinski definition) is 2. The number of nitrogens with one attached hydrogen (secondary N) is 2. The van der Waals surface area contributed by atoms with Crippen molar-refractivity contribution in [3.63, 3.8) is 0 Å². The Balaban J connectivity index is 2.65. The second-order valence-electron chi connectivity index (χ2n) is 6.21. The minimum Gasteiger partial charge on any atom is -0.348 e. The van der Waals surface area contributed by atoms with Crippen LogP contribution in [0.2, 0.25) is 0 Å². The third kappa shape index (κ3) is 5.58. The average molecular weight is 290 g/mol. The average Bonchev–Trinajstić information content (AvgIpc) is 2.42. The molecule has 0 aliphatic rings. The Morgan fingerprint density at radius 1 is 1.05 bits per heavy atom. The van der Waals surface area contributed by atoms with Crippen molar-refractivity contribution in [2.75, 3.05) is 11.9 Å². The summed E-state index contributed by atoms with van der Waals surface area (Å²) >= 11 is 0. The lowest BCUT2D eigenvalue weighted by molar-refractivity contribution is -0.136. The van der Waals surface area contributed by atoms with Crippen molar-refractivity contribution in [3.05, 3.63) is 29.8 Å². The summed E-state index contributed by atoms with van der Waals surface area (Å²) < 4.78 is 0. The van der Waals surface area contributed by atoms with Crippen LogP contribution in [0.3, 0.4) is 0 Å². The summed E-state index contributed by atoms with van der Waals surface area (Å²) in [5.74, 6) is -1.18. The van der Waals surface area contributed by atoms with Crippen LogP contribution >= 0.6 is 0 Å². The lowest BCUT2D eigenvalue weighted by Crippen LogP contribution is -2.36. The molecule has 0 aliphatic carbocycles. The molecule has 116 valence electrons. The lowest BCUT2D eigenvalue weighted by Gasteiger charge is -2.22. The molecule has 0 aromatic heterocycles. The van der Waals surface area contributed by atoms with Crippen molar-refractivity contribution in [2.24, 2.45) is 0 Å². The predicted octanol–water partition coefficient (Wildman–Crippen LogP) is 3.23. The van der Waals surface area contributed by atoms with E-state index in [0.29, 0.717) is 12.2 Å². The standard InChI is InChI=1S/C17H26N2O2/c1-5-6-9-12-18-15(20)16(21)19-14-11-8-7-10-13(14)17(2,3)4/h7-8,10-11H,5-6,9,12H2,1-4H3,(H,18,20)(H,19,21). The van der Waals surface area contributed by atoms with Crippen molar-refractivity contribution in [1.82, 2.24) is 5.32 Å². The van der Waals surface area contributed by atoms with Crippen LogP contribution in [0, 0.1) is 0 Å². The summed E-state index contributed by atoms with van der Waals surface area (Å²) in [5.41, 5.74) is 1.61. The first-order chi connectivity index (χ1) is 9.86. The summed E-state index contributed by atoms with van der Waals surface area (Å²) in [4.78, 5) is 23.7. The number of para-hydroxylation sites is 1. The normalized spacial score (nSPS) is 11.0.